The van der Waals surface area contributed by atoms with E-state index in [1.165, 1.54) is 0 Å². The van der Waals surface area contributed by atoms with Gasteiger partial charge in [0.2, 0.25) is 6.54 Å². The Balaban J connectivity index is 2.47. The van der Waals surface area contributed by atoms with E-state index in [9.17, 15) is 14.4 Å². The van der Waals surface area contributed by atoms with Crippen molar-refractivity contribution in [2.24, 2.45) is 5.73 Å². The SMILES string of the molecule is NCCCCNC(=O)c1ccc[n+](CC(=O)NCCC(=O)O)c1. The molecule has 5 N–H and O–H groups in total. The minimum absolute atomic E-state index is 0.0217. The standard InChI is InChI=1S/C15H22N4O4/c16-6-1-2-7-18-15(23)12-4-3-9-19(10-12)11-13(20)17-8-5-14(21)22/h3-4,9-10H,1-2,5-8,11,16H2,(H2-,17,18,20,21,22,23)/p+1. The van der Waals surface area contributed by atoms with Crippen LogP contribution in [0, 0.1) is 0 Å². The fourth-order valence-electron chi connectivity index (χ4n) is 1.86. The van der Waals surface area contributed by atoms with Crippen molar-refractivity contribution in [3.05, 3.63) is 30.1 Å². The van der Waals surface area contributed by atoms with Crippen molar-refractivity contribution < 1.29 is 24.1 Å². The Morgan fingerprint density at radius 3 is 2.65 bits per heavy atom. The maximum atomic E-state index is 12.0. The molecule has 8 nitrogen and oxygen atoms in total. The summed E-state index contributed by atoms with van der Waals surface area (Å²) in [6.45, 7) is 1.25. The van der Waals surface area contributed by atoms with E-state index in [1.54, 1.807) is 29.1 Å². The summed E-state index contributed by atoms with van der Waals surface area (Å²) in [6, 6.07) is 3.34. The van der Waals surface area contributed by atoms with E-state index in [1.807, 2.05) is 0 Å². The lowest BCUT2D eigenvalue weighted by atomic mass is 10.2. The van der Waals surface area contributed by atoms with Crippen molar-refractivity contribution in [3.8, 4) is 0 Å². The molecule has 0 spiro atoms. The minimum atomic E-state index is -0.966. The van der Waals surface area contributed by atoms with Crippen LogP contribution in [0.3, 0.4) is 0 Å². The number of nitrogens with zero attached hydrogens (tertiary/aromatic N) is 1. The Bertz CT molecular complexity index is 548. The van der Waals surface area contributed by atoms with E-state index in [4.69, 9.17) is 10.8 Å². The lowest BCUT2D eigenvalue weighted by Crippen LogP contribution is -2.43. The molecule has 126 valence electrons. The third-order valence-corrected chi connectivity index (χ3v) is 3.02. The Morgan fingerprint density at radius 2 is 1.96 bits per heavy atom. The molecular formula is C15H23N4O4+. The molecule has 23 heavy (non-hydrogen) atoms. The molecule has 0 unspecified atom stereocenters. The van der Waals surface area contributed by atoms with Crippen LogP contribution in [0.15, 0.2) is 24.5 Å². The average Bonchev–Trinajstić information content (AvgIpc) is 2.51. The number of rotatable bonds is 10. The number of carboxylic acids is 1. The van der Waals surface area contributed by atoms with Crippen LogP contribution in [-0.4, -0.2) is 42.5 Å². The number of aliphatic carboxylic acids is 1. The van der Waals surface area contributed by atoms with Crippen molar-refractivity contribution in [3.63, 3.8) is 0 Å². The van der Waals surface area contributed by atoms with Crippen molar-refractivity contribution in [1.82, 2.24) is 10.6 Å². The number of unbranched alkanes of at least 4 members (excludes halogenated alkanes) is 1. The fourth-order valence-corrected chi connectivity index (χ4v) is 1.86. The van der Waals surface area contributed by atoms with Crippen LogP contribution in [0.2, 0.25) is 0 Å². The second kappa shape index (κ2) is 10.3. The van der Waals surface area contributed by atoms with Gasteiger partial charge in [0.05, 0.1) is 6.42 Å². The quantitative estimate of drug-likeness (QED) is 0.326. The molecule has 2 amide bonds. The van der Waals surface area contributed by atoms with Gasteiger partial charge in [-0.3, -0.25) is 14.4 Å². The van der Waals surface area contributed by atoms with Gasteiger partial charge in [0.1, 0.15) is 5.56 Å². The molecule has 1 heterocycles. The average molecular weight is 323 g/mol. The number of hydrogen-bond donors (Lipinski definition) is 4. The number of aromatic nitrogens is 1. The number of carboxylic acid groups (broad SMARTS) is 1. The minimum Gasteiger partial charge on any atom is -0.481 e. The third kappa shape index (κ3) is 7.91. The number of hydrogen-bond acceptors (Lipinski definition) is 4. The molecule has 0 aromatic carbocycles. The summed E-state index contributed by atoms with van der Waals surface area (Å²) in [6.07, 6.45) is 4.80. The van der Waals surface area contributed by atoms with Crippen molar-refractivity contribution in [2.45, 2.75) is 25.8 Å². The van der Waals surface area contributed by atoms with Gasteiger partial charge in [-0.25, -0.2) is 0 Å². The molecule has 1 aromatic heterocycles. The molecule has 0 saturated heterocycles. The normalized spacial score (nSPS) is 10.1. The Kier molecular flexibility index (Phi) is 8.30. The number of nitrogens with one attached hydrogen (secondary N) is 2. The summed E-state index contributed by atoms with van der Waals surface area (Å²) in [7, 11) is 0. The maximum absolute atomic E-state index is 12.0. The Labute approximate surface area is 134 Å². The number of pyridine rings is 1. The van der Waals surface area contributed by atoms with Gasteiger partial charge >= 0.3 is 5.97 Å². The highest BCUT2D eigenvalue weighted by molar-refractivity contribution is 5.93. The second-order valence-electron chi connectivity index (χ2n) is 5.01. The van der Waals surface area contributed by atoms with Crippen molar-refractivity contribution >= 4 is 17.8 Å². The number of nitrogens with two attached hydrogens (primary N) is 1. The molecule has 8 heteroatoms. The molecule has 0 atom stereocenters. The predicted octanol–water partition coefficient (Wildman–Crippen LogP) is -0.966. The number of amides is 2. The highest BCUT2D eigenvalue weighted by Crippen LogP contribution is 1.95. The van der Waals surface area contributed by atoms with Gasteiger partial charge in [0, 0.05) is 19.2 Å². The van der Waals surface area contributed by atoms with E-state index >= 15 is 0 Å². The molecule has 1 aromatic rings. The van der Waals surface area contributed by atoms with Crippen LogP contribution in [0.1, 0.15) is 29.6 Å². The molecule has 0 aliphatic heterocycles. The van der Waals surface area contributed by atoms with Crippen molar-refractivity contribution in [1.29, 1.82) is 0 Å². The molecule has 0 aliphatic carbocycles. The van der Waals surface area contributed by atoms with Gasteiger partial charge < -0.3 is 21.5 Å². The first kappa shape index (κ1) is 18.6. The molecule has 0 bridgehead atoms. The zero-order valence-electron chi connectivity index (χ0n) is 13.0. The van der Waals surface area contributed by atoms with E-state index in [0.717, 1.165) is 12.8 Å². The molecular weight excluding hydrogens is 300 g/mol. The summed E-state index contributed by atoms with van der Waals surface area (Å²) >= 11 is 0. The zero-order valence-corrected chi connectivity index (χ0v) is 13.0. The lowest BCUT2D eigenvalue weighted by Gasteiger charge is -2.04. The van der Waals surface area contributed by atoms with Gasteiger partial charge in [0.15, 0.2) is 12.4 Å². The summed E-state index contributed by atoms with van der Waals surface area (Å²) in [5.41, 5.74) is 5.84. The molecule has 0 radical (unpaired) electrons. The van der Waals surface area contributed by atoms with Crippen LogP contribution in [0.4, 0.5) is 0 Å². The molecule has 0 aliphatic rings. The van der Waals surface area contributed by atoms with E-state index in [-0.39, 0.29) is 31.3 Å². The van der Waals surface area contributed by atoms with Crippen LogP contribution in [0.5, 0.6) is 0 Å². The van der Waals surface area contributed by atoms with E-state index in [2.05, 4.69) is 10.6 Å². The van der Waals surface area contributed by atoms with Crippen LogP contribution in [-0.2, 0) is 16.1 Å². The van der Waals surface area contributed by atoms with Gasteiger partial charge in [-0.1, -0.05) is 0 Å². The van der Waals surface area contributed by atoms with Crippen LogP contribution in [0.25, 0.3) is 0 Å². The number of carbonyl (C=O) groups excluding carboxylic acids is 2. The van der Waals surface area contributed by atoms with E-state index in [0.29, 0.717) is 18.7 Å². The van der Waals surface area contributed by atoms with Gasteiger partial charge in [0.25, 0.3) is 11.8 Å². The maximum Gasteiger partial charge on any atom is 0.305 e. The van der Waals surface area contributed by atoms with E-state index < -0.39 is 5.97 Å². The fraction of sp³-hybridized carbons (Fsp3) is 0.467. The highest BCUT2D eigenvalue weighted by Gasteiger charge is 2.13. The Morgan fingerprint density at radius 1 is 1.17 bits per heavy atom. The van der Waals surface area contributed by atoms with Gasteiger partial charge in [-0.15, -0.1) is 0 Å². The second-order valence-corrected chi connectivity index (χ2v) is 5.01. The first-order valence-electron chi connectivity index (χ1n) is 7.49. The van der Waals surface area contributed by atoms with Crippen LogP contribution >= 0.6 is 0 Å². The topological polar surface area (TPSA) is 125 Å². The summed E-state index contributed by atoms with van der Waals surface area (Å²) in [4.78, 5) is 34.0. The molecule has 0 fully saturated rings. The van der Waals surface area contributed by atoms with Crippen LogP contribution < -0.4 is 20.9 Å². The van der Waals surface area contributed by atoms with Crippen molar-refractivity contribution in [2.75, 3.05) is 19.6 Å². The summed E-state index contributed by atoms with van der Waals surface area (Å²) < 4.78 is 1.57. The summed E-state index contributed by atoms with van der Waals surface area (Å²) in [5, 5.41) is 13.8. The summed E-state index contributed by atoms with van der Waals surface area (Å²) in [5.74, 6) is -1.48. The zero-order chi connectivity index (χ0) is 17.1. The number of carbonyl (C=O) groups is 3. The molecule has 0 saturated carbocycles. The monoisotopic (exact) mass is 323 g/mol. The molecule has 1 rings (SSSR count). The predicted molar refractivity (Wildman–Crippen MR) is 82.5 cm³/mol. The smallest absolute Gasteiger partial charge is 0.305 e. The Hall–Kier alpha value is -2.48. The lowest BCUT2D eigenvalue weighted by molar-refractivity contribution is -0.684. The van der Waals surface area contributed by atoms with Gasteiger partial charge in [-0.2, -0.15) is 4.57 Å². The largest absolute Gasteiger partial charge is 0.481 e. The third-order valence-electron chi connectivity index (χ3n) is 3.02. The highest BCUT2D eigenvalue weighted by atomic mass is 16.4. The first-order valence-corrected chi connectivity index (χ1v) is 7.49. The van der Waals surface area contributed by atoms with Gasteiger partial charge in [-0.05, 0) is 25.5 Å². The first-order chi connectivity index (χ1) is 11.0.